The van der Waals surface area contributed by atoms with Crippen LogP contribution in [0.4, 0.5) is 0 Å². The van der Waals surface area contributed by atoms with Gasteiger partial charge in [-0.2, -0.15) is 0 Å². The Morgan fingerprint density at radius 2 is 1.74 bits per heavy atom. The molecule has 1 aromatic carbocycles. The molecule has 27 heavy (non-hydrogen) atoms. The molecule has 2 aromatic heterocycles. The monoisotopic (exact) mass is 382 g/mol. The molecule has 2 heterocycles. The van der Waals surface area contributed by atoms with Crippen LogP contribution in [-0.2, 0) is 23.1 Å². The van der Waals surface area contributed by atoms with Gasteiger partial charge in [-0.1, -0.05) is 12.1 Å². The highest BCUT2D eigenvalue weighted by molar-refractivity contribution is 7.89. The summed E-state index contributed by atoms with van der Waals surface area (Å²) in [6.45, 7) is 0.439. The number of benzene rings is 1. The Labute approximate surface area is 157 Å². The standard InChI is InChI=1S/C19H18N4O3S/c24-19(22-13-15-4-3-10-20-12-15)16-6-8-18(9-7-16)27(25,26)23-14-17-5-1-2-11-21-17/h1-12,23H,13-14H2,(H,22,24). The van der Waals surface area contributed by atoms with Crippen molar-refractivity contribution in [2.45, 2.75) is 18.0 Å². The summed E-state index contributed by atoms with van der Waals surface area (Å²) < 4.78 is 27.2. The molecule has 3 rings (SSSR count). The number of aromatic nitrogens is 2. The van der Waals surface area contributed by atoms with Crippen molar-refractivity contribution >= 4 is 15.9 Å². The largest absolute Gasteiger partial charge is 0.348 e. The van der Waals surface area contributed by atoms with Crippen LogP contribution in [0.2, 0.25) is 0 Å². The first-order valence-corrected chi connectivity index (χ1v) is 9.70. The maximum absolute atomic E-state index is 12.4. The fourth-order valence-electron chi connectivity index (χ4n) is 2.33. The average molecular weight is 382 g/mol. The Morgan fingerprint density at radius 1 is 0.926 bits per heavy atom. The second-order valence-corrected chi connectivity index (χ2v) is 7.48. The predicted molar refractivity (Wildman–Crippen MR) is 100 cm³/mol. The number of carbonyl (C=O) groups is 1. The molecule has 0 unspecified atom stereocenters. The van der Waals surface area contributed by atoms with Gasteiger partial charge in [0.05, 0.1) is 17.1 Å². The lowest BCUT2D eigenvalue weighted by Gasteiger charge is -2.08. The summed E-state index contributed by atoms with van der Waals surface area (Å²) in [6.07, 6.45) is 4.93. The van der Waals surface area contributed by atoms with Gasteiger partial charge < -0.3 is 5.32 Å². The van der Waals surface area contributed by atoms with Gasteiger partial charge in [-0.15, -0.1) is 0 Å². The third kappa shape index (κ3) is 5.19. The molecular weight excluding hydrogens is 364 g/mol. The smallest absolute Gasteiger partial charge is 0.251 e. The molecule has 0 radical (unpaired) electrons. The van der Waals surface area contributed by atoms with Crippen LogP contribution in [-0.4, -0.2) is 24.3 Å². The van der Waals surface area contributed by atoms with E-state index in [-0.39, 0.29) is 17.3 Å². The van der Waals surface area contributed by atoms with Crippen molar-refractivity contribution in [1.29, 1.82) is 0 Å². The van der Waals surface area contributed by atoms with Crippen LogP contribution in [0.15, 0.2) is 78.1 Å². The van der Waals surface area contributed by atoms with Crippen LogP contribution < -0.4 is 10.0 Å². The van der Waals surface area contributed by atoms with Gasteiger partial charge in [-0.25, -0.2) is 13.1 Å². The SMILES string of the molecule is O=C(NCc1cccnc1)c1ccc(S(=O)(=O)NCc2ccccn2)cc1. The number of rotatable bonds is 7. The number of nitrogens with zero attached hydrogens (tertiary/aromatic N) is 2. The molecule has 0 aliphatic heterocycles. The van der Waals surface area contributed by atoms with Crippen LogP contribution in [0.3, 0.4) is 0 Å². The molecular formula is C19H18N4O3S. The van der Waals surface area contributed by atoms with Crippen LogP contribution in [0.1, 0.15) is 21.6 Å². The highest BCUT2D eigenvalue weighted by Crippen LogP contribution is 2.11. The molecule has 1 amide bonds. The van der Waals surface area contributed by atoms with Crippen molar-refractivity contribution in [2.75, 3.05) is 0 Å². The Bertz CT molecular complexity index is 992. The topological polar surface area (TPSA) is 101 Å². The first-order chi connectivity index (χ1) is 13.0. The zero-order valence-corrected chi connectivity index (χ0v) is 15.2. The number of amides is 1. The van der Waals surface area contributed by atoms with Gasteiger partial charge >= 0.3 is 0 Å². The van der Waals surface area contributed by atoms with Crippen LogP contribution >= 0.6 is 0 Å². The van der Waals surface area contributed by atoms with Crippen molar-refractivity contribution in [3.05, 3.63) is 90.0 Å². The molecule has 0 aliphatic carbocycles. The van der Waals surface area contributed by atoms with E-state index in [4.69, 9.17) is 0 Å². The van der Waals surface area contributed by atoms with Crippen molar-refractivity contribution in [3.63, 3.8) is 0 Å². The van der Waals surface area contributed by atoms with E-state index in [0.717, 1.165) is 5.56 Å². The molecule has 0 bridgehead atoms. The molecule has 0 aliphatic rings. The van der Waals surface area contributed by atoms with Crippen LogP contribution in [0.5, 0.6) is 0 Å². The molecule has 0 spiro atoms. The molecule has 8 heteroatoms. The third-order valence-corrected chi connectivity index (χ3v) is 5.19. The normalized spacial score (nSPS) is 11.1. The summed E-state index contributed by atoms with van der Waals surface area (Å²) >= 11 is 0. The van der Waals surface area contributed by atoms with Crippen molar-refractivity contribution in [3.8, 4) is 0 Å². The fraction of sp³-hybridized carbons (Fsp3) is 0.105. The van der Waals surface area contributed by atoms with Crippen molar-refractivity contribution < 1.29 is 13.2 Å². The maximum atomic E-state index is 12.4. The molecule has 0 atom stereocenters. The Hall–Kier alpha value is -3.10. The summed E-state index contributed by atoms with van der Waals surface area (Å²) in [4.78, 5) is 20.3. The summed E-state index contributed by atoms with van der Waals surface area (Å²) in [5, 5.41) is 2.77. The zero-order chi connectivity index (χ0) is 19.1. The molecule has 2 N–H and O–H groups in total. The predicted octanol–water partition coefficient (Wildman–Crippen LogP) is 1.89. The minimum absolute atomic E-state index is 0.0854. The maximum Gasteiger partial charge on any atom is 0.251 e. The molecule has 0 fully saturated rings. The second-order valence-electron chi connectivity index (χ2n) is 5.71. The lowest BCUT2D eigenvalue weighted by molar-refractivity contribution is 0.0951. The van der Waals surface area contributed by atoms with Gasteiger partial charge in [0.2, 0.25) is 10.0 Å². The van der Waals surface area contributed by atoms with Crippen LogP contribution in [0, 0.1) is 0 Å². The number of hydrogen-bond donors (Lipinski definition) is 2. The zero-order valence-electron chi connectivity index (χ0n) is 14.4. The van der Waals surface area contributed by atoms with Crippen molar-refractivity contribution in [2.24, 2.45) is 0 Å². The lowest BCUT2D eigenvalue weighted by atomic mass is 10.2. The molecule has 138 valence electrons. The minimum Gasteiger partial charge on any atom is -0.348 e. The Kier molecular flexibility index (Phi) is 5.90. The average Bonchev–Trinajstić information content (AvgIpc) is 2.72. The van der Waals surface area contributed by atoms with E-state index in [2.05, 4.69) is 20.0 Å². The van der Waals surface area contributed by atoms with E-state index in [1.54, 1.807) is 42.9 Å². The second kappa shape index (κ2) is 8.52. The fourth-order valence-corrected chi connectivity index (χ4v) is 3.33. The highest BCUT2D eigenvalue weighted by atomic mass is 32.2. The first kappa shape index (κ1) is 18.7. The van der Waals surface area contributed by atoms with Crippen molar-refractivity contribution in [1.82, 2.24) is 20.0 Å². The molecule has 0 saturated heterocycles. The number of sulfonamides is 1. The summed E-state index contributed by atoms with van der Waals surface area (Å²) in [7, 11) is -3.69. The molecule has 0 saturated carbocycles. The number of nitrogens with one attached hydrogen (secondary N) is 2. The van der Waals surface area contributed by atoms with Gasteiger partial charge in [0.25, 0.3) is 5.91 Å². The Balaban J connectivity index is 1.61. The summed E-state index contributed by atoms with van der Waals surface area (Å²) in [5.41, 5.74) is 1.87. The molecule has 3 aromatic rings. The first-order valence-electron chi connectivity index (χ1n) is 8.21. The lowest BCUT2D eigenvalue weighted by Crippen LogP contribution is -2.25. The highest BCUT2D eigenvalue weighted by Gasteiger charge is 2.15. The van der Waals surface area contributed by atoms with E-state index >= 15 is 0 Å². The number of pyridine rings is 2. The quantitative estimate of drug-likeness (QED) is 0.650. The van der Waals surface area contributed by atoms with E-state index < -0.39 is 10.0 Å². The van der Waals surface area contributed by atoms with E-state index in [9.17, 15) is 13.2 Å². The van der Waals surface area contributed by atoms with Gasteiger partial charge in [0, 0.05) is 30.7 Å². The van der Waals surface area contributed by atoms with E-state index in [0.29, 0.717) is 17.8 Å². The number of carbonyl (C=O) groups excluding carboxylic acids is 1. The van der Waals surface area contributed by atoms with E-state index in [1.807, 2.05) is 6.07 Å². The third-order valence-electron chi connectivity index (χ3n) is 3.77. The minimum atomic E-state index is -3.69. The van der Waals surface area contributed by atoms with E-state index in [1.165, 1.54) is 24.3 Å². The molecule has 7 nitrogen and oxygen atoms in total. The van der Waals surface area contributed by atoms with Gasteiger partial charge in [0.15, 0.2) is 0 Å². The Morgan fingerprint density at radius 3 is 2.41 bits per heavy atom. The van der Waals surface area contributed by atoms with Crippen LogP contribution in [0.25, 0.3) is 0 Å². The summed E-state index contributed by atoms with van der Waals surface area (Å²) in [5.74, 6) is -0.288. The number of hydrogen-bond acceptors (Lipinski definition) is 5. The van der Waals surface area contributed by atoms with Gasteiger partial charge in [-0.3, -0.25) is 14.8 Å². The van der Waals surface area contributed by atoms with Gasteiger partial charge in [0.1, 0.15) is 0 Å². The van der Waals surface area contributed by atoms with Gasteiger partial charge in [-0.05, 0) is 48.0 Å². The summed E-state index contributed by atoms with van der Waals surface area (Å²) in [6, 6.07) is 14.7.